The van der Waals surface area contributed by atoms with Crippen LogP contribution in [-0.4, -0.2) is 23.0 Å². The molecule has 1 amide bonds. The first kappa shape index (κ1) is 23.8. The molecule has 1 unspecified atom stereocenters. The number of carboxylic acid groups (broad SMARTS) is 1. The van der Waals surface area contributed by atoms with Crippen molar-refractivity contribution in [1.29, 1.82) is 0 Å². The molecule has 5 heteroatoms. The summed E-state index contributed by atoms with van der Waals surface area (Å²) in [6.45, 7) is 0.367. The largest absolute Gasteiger partial charge is 0.489 e. The van der Waals surface area contributed by atoms with Crippen molar-refractivity contribution in [2.24, 2.45) is 0 Å². The molecule has 0 aliphatic heterocycles. The quantitative estimate of drug-likeness (QED) is 0.337. The maximum Gasteiger partial charge on any atom is 0.326 e. The number of benzene rings is 4. The lowest BCUT2D eigenvalue weighted by atomic mass is 9.90. The van der Waals surface area contributed by atoms with E-state index in [1.165, 1.54) is 0 Å². The van der Waals surface area contributed by atoms with Crippen LogP contribution < -0.4 is 10.1 Å². The molecule has 0 radical (unpaired) electrons. The van der Waals surface area contributed by atoms with Crippen molar-refractivity contribution in [2.75, 3.05) is 0 Å². The van der Waals surface area contributed by atoms with E-state index in [0.29, 0.717) is 17.9 Å². The van der Waals surface area contributed by atoms with Crippen LogP contribution >= 0.6 is 0 Å². The predicted molar refractivity (Wildman–Crippen MR) is 135 cm³/mol. The molecule has 4 rings (SSSR count). The standard InChI is InChI=1S/C30H27NO4/c32-29(28(23-14-6-2-7-15-23)24-16-8-3-9-17-24)31-26(30(33)34)20-25-18-10-11-19-27(25)35-21-22-12-4-1-5-13-22/h1-19,26,28H,20-21H2,(H,31,32)(H,33,34). The number of ether oxygens (including phenoxy) is 1. The van der Waals surface area contributed by atoms with Gasteiger partial charge in [-0.3, -0.25) is 4.79 Å². The van der Waals surface area contributed by atoms with Gasteiger partial charge in [-0.1, -0.05) is 109 Å². The molecule has 0 aromatic heterocycles. The molecule has 0 aliphatic rings. The molecule has 0 saturated carbocycles. The first-order chi connectivity index (χ1) is 17.1. The van der Waals surface area contributed by atoms with E-state index in [2.05, 4.69) is 5.32 Å². The van der Waals surface area contributed by atoms with Crippen molar-refractivity contribution >= 4 is 11.9 Å². The highest BCUT2D eigenvalue weighted by Gasteiger charge is 2.28. The van der Waals surface area contributed by atoms with E-state index < -0.39 is 17.9 Å². The fourth-order valence-corrected chi connectivity index (χ4v) is 4.01. The zero-order valence-corrected chi connectivity index (χ0v) is 19.2. The fourth-order valence-electron chi connectivity index (χ4n) is 4.01. The third-order valence-electron chi connectivity index (χ3n) is 5.78. The average Bonchev–Trinajstić information content (AvgIpc) is 2.90. The number of rotatable bonds is 10. The van der Waals surface area contributed by atoms with Crippen LogP contribution in [0.25, 0.3) is 0 Å². The number of carbonyl (C=O) groups is 2. The summed E-state index contributed by atoms with van der Waals surface area (Å²) < 4.78 is 5.99. The molecule has 0 spiro atoms. The molecule has 35 heavy (non-hydrogen) atoms. The van der Waals surface area contributed by atoms with Crippen molar-refractivity contribution in [1.82, 2.24) is 5.32 Å². The van der Waals surface area contributed by atoms with Gasteiger partial charge in [0, 0.05) is 6.42 Å². The summed E-state index contributed by atoms with van der Waals surface area (Å²) in [6.07, 6.45) is 0.0995. The van der Waals surface area contributed by atoms with E-state index in [1.807, 2.05) is 115 Å². The van der Waals surface area contributed by atoms with Crippen LogP contribution in [0.5, 0.6) is 5.75 Å². The molecule has 4 aromatic rings. The minimum absolute atomic E-state index is 0.0995. The summed E-state index contributed by atoms with van der Waals surface area (Å²) in [5.74, 6) is -1.49. The van der Waals surface area contributed by atoms with Crippen molar-refractivity contribution in [2.45, 2.75) is 25.0 Å². The van der Waals surface area contributed by atoms with Crippen LogP contribution in [0, 0.1) is 0 Å². The van der Waals surface area contributed by atoms with Crippen LogP contribution in [-0.2, 0) is 22.6 Å². The minimum Gasteiger partial charge on any atom is -0.489 e. The number of nitrogens with one attached hydrogen (secondary N) is 1. The molecule has 176 valence electrons. The predicted octanol–water partition coefficient (Wildman–Crippen LogP) is 5.21. The van der Waals surface area contributed by atoms with E-state index in [0.717, 1.165) is 16.7 Å². The second kappa shape index (κ2) is 11.7. The maximum absolute atomic E-state index is 13.4. The van der Waals surface area contributed by atoms with Crippen LogP contribution in [0.2, 0.25) is 0 Å². The fraction of sp³-hybridized carbons (Fsp3) is 0.133. The van der Waals surface area contributed by atoms with Crippen LogP contribution in [0.1, 0.15) is 28.2 Å². The van der Waals surface area contributed by atoms with E-state index in [4.69, 9.17) is 4.74 Å². The SMILES string of the molecule is O=C(O)C(Cc1ccccc1OCc1ccccc1)NC(=O)C(c1ccccc1)c1ccccc1. The number of aliphatic carboxylic acids is 1. The summed E-state index contributed by atoms with van der Waals surface area (Å²) in [5, 5.41) is 12.7. The summed E-state index contributed by atoms with van der Waals surface area (Å²) >= 11 is 0. The maximum atomic E-state index is 13.4. The molecular weight excluding hydrogens is 438 g/mol. The van der Waals surface area contributed by atoms with Gasteiger partial charge >= 0.3 is 5.97 Å². The van der Waals surface area contributed by atoms with Gasteiger partial charge in [0.2, 0.25) is 5.91 Å². The average molecular weight is 466 g/mol. The van der Waals surface area contributed by atoms with Crippen molar-refractivity contribution < 1.29 is 19.4 Å². The second-order valence-corrected chi connectivity index (χ2v) is 8.24. The normalized spacial score (nSPS) is 11.6. The van der Waals surface area contributed by atoms with Crippen LogP contribution in [0.15, 0.2) is 115 Å². The first-order valence-electron chi connectivity index (χ1n) is 11.5. The zero-order valence-electron chi connectivity index (χ0n) is 19.2. The third-order valence-corrected chi connectivity index (χ3v) is 5.78. The molecule has 0 fully saturated rings. The number of carbonyl (C=O) groups excluding carboxylic acids is 1. The number of para-hydroxylation sites is 1. The Bertz CT molecular complexity index is 1200. The van der Waals surface area contributed by atoms with Crippen molar-refractivity contribution in [3.05, 3.63) is 138 Å². The third kappa shape index (κ3) is 6.36. The first-order valence-corrected chi connectivity index (χ1v) is 11.5. The van der Waals surface area contributed by atoms with Crippen LogP contribution in [0.3, 0.4) is 0 Å². The Morgan fingerprint density at radius 2 is 1.23 bits per heavy atom. The van der Waals surface area contributed by atoms with Gasteiger partial charge in [0.1, 0.15) is 18.4 Å². The highest BCUT2D eigenvalue weighted by Crippen LogP contribution is 2.26. The Morgan fingerprint density at radius 1 is 0.714 bits per heavy atom. The Labute approximate surface area is 205 Å². The number of hydrogen-bond donors (Lipinski definition) is 2. The molecule has 0 bridgehead atoms. The lowest BCUT2D eigenvalue weighted by Gasteiger charge is -2.22. The van der Waals surface area contributed by atoms with Crippen molar-refractivity contribution in [3.8, 4) is 5.75 Å². The van der Waals surface area contributed by atoms with Gasteiger partial charge in [-0.25, -0.2) is 4.79 Å². The zero-order chi connectivity index (χ0) is 24.5. The smallest absolute Gasteiger partial charge is 0.326 e. The Morgan fingerprint density at radius 3 is 1.80 bits per heavy atom. The van der Waals surface area contributed by atoms with Gasteiger partial charge in [-0.15, -0.1) is 0 Å². The molecule has 2 N–H and O–H groups in total. The highest BCUT2D eigenvalue weighted by atomic mass is 16.5. The summed E-state index contributed by atoms with van der Waals surface area (Å²) in [5.41, 5.74) is 3.32. The molecular formula is C30H27NO4. The minimum atomic E-state index is -1.11. The van der Waals surface area contributed by atoms with Gasteiger partial charge in [0.05, 0.1) is 5.92 Å². The van der Waals surface area contributed by atoms with Gasteiger partial charge < -0.3 is 15.2 Å². The molecule has 0 aliphatic carbocycles. The summed E-state index contributed by atoms with van der Waals surface area (Å²) in [7, 11) is 0. The topological polar surface area (TPSA) is 75.6 Å². The van der Waals surface area contributed by atoms with E-state index in [1.54, 1.807) is 0 Å². The van der Waals surface area contributed by atoms with E-state index in [-0.39, 0.29) is 12.3 Å². The second-order valence-electron chi connectivity index (χ2n) is 8.24. The number of carboxylic acids is 1. The van der Waals surface area contributed by atoms with Gasteiger partial charge in [-0.05, 0) is 28.3 Å². The lowest BCUT2D eigenvalue weighted by Crippen LogP contribution is -2.44. The van der Waals surface area contributed by atoms with E-state index in [9.17, 15) is 14.7 Å². The Balaban J connectivity index is 1.53. The highest BCUT2D eigenvalue weighted by molar-refractivity contribution is 5.90. The molecule has 5 nitrogen and oxygen atoms in total. The molecule has 4 aromatic carbocycles. The number of hydrogen-bond acceptors (Lipinski definition) is 3. The van der Waals surface area contributed by atoms with Gasteiger partial charge in [-0.2, -0.15) is 0 Å². The Kier molecular flexibility index (Phi) is 7.92. The summed E-state index contributed by atoms with van der Waals surface area (Å²) in [6, 6.07) is 34.7. The van der Waals surface area contributed by atoms with E-state index >= 15 is 0 Å². The van der Waals surface area contributed by atoms with Crippen molar-refractivity contribution in [3.63, 3.8) is 0 Å². The Hall–Kier alpha value is -4.38. The monoisotopic (exact) mass is 465 g/mol. The molecule has 0 saturated heterocycles. The van der Waals surface area contributed by atoms with Gasteiger partial charge in [0.25, 0.3) is 0 Å². The van der Waals surface area contributed by atoms with Gasteiger partial charge in [0.15, 0.2) is 0 Å². The lowest BCUT2D eigenvalue weighted by molar-refractivity contribution is -0.141. The van der Waals surface area contributed by atoms with Crippen LogP contribution in [0.4, 0.5) is 0 Å². The molecule has 1 atom stereocenters. The number of amides is 1. The molecule has 0 heterocycles. The summed E-state index contributed by atoms with van der Waals surface area (Å²) in [4.78, 5) is 25.6.